The van der Waals surface area contributed by atoms with E-state index in [4.69, 9.17) is 9.47 Å². The predicted octanol–water partition coefficient (Wildman–Crippen LogP) is 3.07. The van der Waals surface area contributed by atoms with Crippen LogP contribution < -0.4 is 0 Å². The Morgan fingerprint density at radius 2 is 1.08 bits per heavy atom. The Labute approximate surface area is 141 Å². The van der Waals surface area contributed by atoms with Gasteiger partial charge in [-0.25, -0.2) is 9.98 Å². The summed E-state index contributed by atoms with van der Waals surface area (Å²) in [5.41, 5.74) is 2.54. The summed E-state index contributed by atoms with van der Waals surface area (Å²) in [6.45, 7) is 1.19. The molecule has 0 aliphatic carbocycles. The maximum atomic E-state index is 5.71. The molecule has 0 fully saturated rings. The van der Waals surface area contributed by atoms with Crippen molar-refractivity contribution in [2.45, 2.75) is 24.9 Å². The van der Waals surface area contributed by atoms with Crippen LogP contribution in [0.1, 0.15) is 11.1 Å². The van der Waals surface area contributed by atoms with E-state index in [1.165, 1.54) is 11.1 Å². The summed E-state index contributed by atoms with van der Waals surface area (Å²) in [6.07, 6.45) is 1.76. The summed E-state index contributed by atoms with van der Waals surface area (Å²) in [6, 6.07) is 21.0. The zero-order chi connectivity index (χ0) is 16.2. The second-order valence-corrected chi connectivity index (χ2v) is 6.18. The Bertz CT molecular complexity index is 675. The summed E-state index contributed by atoms with van der Waals surface area (Å²) in [5, 5.41) is 0. The van der Waals surface area contributed by atoms with Crippen LogP contribution in [-0.4, -0.2) is 37.1 Å². The number of hydrogen-bond acceptors (Lipinski definition) is 4. The van der Waals surface area contributed by atoms with E-state index in [0.29, 0.717) is 25.0 Å². The fraction of sp³-hybridized carbons (Fsp3) is 0.300. The van der Waals surface area contributed by atoms with Crippen LogP contribution in [0.25, 0.3) is 0 Å². The average molecular weight is 320 g/mol. The number of aliphatic imine (C=N–C) groups is 2. The highest BCUT2D eigenvalue weighted by Gasteiger charge is 2.29. The third-order valence-electron chi connectivity index (χ3n) is 4.24. The summed E-state index contributed by atoms with van der Waals surface area (Å²) < 4.78 is 11.4. The molecule has 0 N–H and O–H groups in total. The van der Waals surface area contributed by atoms with Gasteiger partial charge in [-0.3, -0.25) is 0 Å². The Hall–Kier alpha value is -2.62. The van der Waals surface area contributed by atoms with Crippen molar-refractivity contribution in [3.05, 3.63) is 71.8 Å². The summed E-state index contributed by atoms with van der Waals surface area (Å²) in [7, 11) is 0. The largest absolute Gasteiger partial charge is 0.472 e. The topological polar surface area (TPSA) is 43.2 Å². The average Bonchev–Trinajstić information content (AvgIpc) is 3.26. The second kappa shape index (κ2) is 6.87. The monoisotopic (exact) mass is 320 g/mol. The molecule has 0 radical (unpaired) electrons. The molecule has 2 atom stereocenters. The van der Waals surface area contributed by atoms with E-state index in [2.05, 4.69) is 34.3 Å². The van der Waals surface area contributed by atoms with Gasteiger partial charge in [-0.1, -0.05) is 60.7 Å². The third-order valence-corrected chi connectivity index (χ3v) is 4.24. The molecule has 0 aromatic heterocycles. The van der Waals surface area contributed by atoms with E-state index in [1.807, 2.05) is 36.4 Å². The van der Waals surface area contributed by atoms with Crippen molar-refractivity contribution in [3.8, 4) is 0 Å². The first-order valence-corrected chi connectivity index (χ1v) is 8.36. The van der Waals surface area contributed by atoms with Crippen molar-refractivity contribution < 1.29 is 9.47 Å². The fourth-order valence-corrected chi connectivity index (χ4v) is 3.05. The highest BCUT2D eigenvalue weighted by molar-refractivity contribution is 6.36. The Morgan fingerprint density at radius 1 is 0.667 bits per heavy atom. The van der Waals surface area contributed by atoms with Gasteiger partial charge in [0.1, 0.15) is 13.2 Å². The maximum absolute atomic E-state index is 5.71. The third kappa shape index (κ3) is 3.48. The van der Waals surface area contributed by atoms with E-state index >= 15 is 0 Å². The minimum atomic E-state index is 0.141. The lowest BCUT2D eigenvalue weighted by atomic mass is 10.1. The van der Waals surface area contributed by atoms with E-state index in [0.717, 1.165) is 12.8 Å². The first kappa shape index (κ1) is 14.9. The number of benzene rings is 2. The lowest BCUT2D eigenvalue weighted by Crippen LogP contribution is -2.14. The second-order valence-electron chi connectivity index (χ2n) is 6.18. The fourth-order valence-electron chi connectivity index (χ4n) is 3.05. The van der Waals surface area contributed by atoms with Gasteiger partial charge in [-0.15, -0.1) is 0 Å². The van der Waals surface area contributed by atoms with Gasteiger partial charge in [0.2, 0.25) is 0 Å². The molecule has 4 heteroatoms. The van der Waals surface area contributed by atoms with Gasteiger partial charge < -0.3 is 9.47 Å². The van der Waals surface area contributed by atoms with Gasteiger partial charge in [0.25, 0.3) is 11.8 Å². The minimum Gasteiger partial charge on any atom is -0.472 e. The standard InChI is InChI=1S/C20H20N2O2/c1-3-7-15(8-4-1)11-17-13-23-19(21-17)20-22-18(14-24-20)12-16-9-5-2-6-10-16/h1-10,17-18H,11-14H2/t17-,18?/m1/s1. The van der Waals surface area contributed by atoms with Gasteiger partial charge in [0.15, 0.2) is 0 Å². The number of hydrogen-bond donors (Lipinski definition) is 0. The van der Waals surface area contributed by atoms with Crippen LogP contribution in [0.4, 0.5) is 0 Å². The maximum Gasteiger partial charge on any atom is 0.273 e. The summed E-state index contributed by atoms with van der Waals surface area (Å²) >= 11 is 0. The Morgan fingerprint density at radius 3 is 1.50 bits per heavy atom. The molecule has 2 aromatic carbocycles. The Kier molecular flexibility index (Phi) is 4.28. The highest BCUT2D eigenvalue weighted by atomic mass is 16.5. The molecule has 0 bridgehead atoms. The van der Waals surface area contributed by atoms with Crippen molar-refractivity contribution in [3.63, 3.8) is 0 Å². The van der Waals surface area contributed by atoms with E-state index < -0.39 is 0 Å². The molecule has 4 rings (SSSR count). The van der Waals surface area contributed by atoms with Crippen LogP contribution in [0.2, 0.25) is 0 Å². The van der Waals surface area contributed by atoms with Gasteiger partial charge in [-0.05, 0) is 24.0 Å². The van der Waals surface area contributed by atoms with Gasteiger partial charge >= 0.3 is 0 Å². The predicted molar refractivity (Wildman–Crippen MR) is 94.6 cm³/mol. The van der Waals surface area contributed by atoms with Crippen LogP contribution in [0, 0.1) is 0 Å². The highest BCUT2D eigenvalue weighted by Crippen LogP contribution is 2.17. The molecule has 122 valence electrons. The molecule has 24 heavy (non-hydrogen) atoms. The molecule has 1 unspecified atom stereocenters. The summed E-state index contributed by atoms with van der Waals surface area (Å²) in [5.74, 6) is 1.12. The van der Waals surface area contributed by atoms with Crippen LogP contribution in [-0.2, 0) is 22.3 Å². The molecule has 0 amide bonds. The molecule has 0 saturated heterocycles. The molecule has 0 spiro atoms. The van der Waals surface area contributed by atoms with Gasteiger partial charge in [0, 0.05) is 0 Å². The van der Waals surface area contributed by atoms with Crippen molar-refractivity contribution >= 4 is 11.8 Å². The lowest BCUT2D eigenvalue weighted by Gasteiger charge is -2.04. The molecule has 0 saturated carbocycles. The van der Waals surface area contributed by atoms with Crippen LogP contribution in [0.3, 0.4) is 0 Å². The zero-order valence-corrected chi connectivity index (χ0v) is 13.5. The van der Waals surface area contributed by atoms with E-state index in [1.54, 1.807) is 0 Å². The van der Waals surface area contributed by atoms with Crippen molar-refractivity contribution in [2.75, 3.05) is 13.2 Å². The number of ether oxygens (including phenoxy) is 2. The molecular weight excluding hydrogens is 300 g/mol. The smallest absolute Gasteiger partial charge is 0.273 e. The Balaban J connectivity index is 1.39. The van der Waals surface area contributed by atoms with Crippen LogP contribution >= 0.6 is 0 Å². The van der Waals surface area contributed by atoms with Crippen molar-refractivity contribution in [1.29, 1.82) is 0 Å². The molecular formula is C20H20N2O2. The molecule has 2 aliphatic heterocycles. The van der Waals surface area contributed by atoms with Crippen LogP contribution in [0.15, 0.2) is 70.6 Å². The molecule has 2 heterocycles. The summed E-state index contributed by atoms with van der Waals surface area (Å²) in [4.78, 5) is 9.29. The number of rotatable bonds is 5. The van der Waals surface area contributed by atoms with Gasteiger partial charge in [-0.2, -0.15) is 0 Å². The molecule has 2 aliphatic rings. The normalized spacial score (nSPS) is 22.5. The zero-order valence-electron chi connectivity index (χ0n) is 13.5. The van der Waals surface area contributed by atoms with Gasteiger partial charge in [0.05, 0.1) is 12.1 Å². The minimum absolute atomic E-state index is 0.141. The molecule has 4 nitrogen and oxygen atoms in total. The quantitative estimate of drug-likeness (QED) is 0.850. The SMILES string of the molecule is c1ccc(CC2COC(C3=N[C@H](Cc4ccccc4)CO3)=N2)cc1. The first-order valence-electron chi connectivity index (χ1n) is 8.36. The van der Waals surface area contributed by atoms with Crippen molar-refractivity contribution in [1.82, 2.24) is 0 Å². The molecule has 2 aromatic rings. The first-order chi connectivity index (χ1) is 11.9. The van der Waals surface area contributed by atoms with Crippen molar-refractivity contribution in [2.24, 2.45) is 9.98 Å². The van der Waals surface area contributed by atoms with Crippen LogP contribution in [0.5, 0.6) is 0 Å². The number of nitrogens with zero attached hydrogens (tertiary/aromatic N) is 2. The van der Waals surface area contributed by atoms with E-state index in [-0.39, 0.29) is 12.1 Å². The van der Waals surface area contributed by atoms with E-state index in [9.17, 15) is 0 Å². The lowest BCUT2D eigenvalue weighted by molar-refractivity contribution is 0.293.